The van der Waals surface area contributed by atoms with Crippen molar-refractivity contribution in [2.75, 3.05) is 11.5 Å². The zero-order chi connectivity index (χ0) is 21.8. The minimum absolute atomic E-state index is 0.165. The molecule has 4 atom stereocenters. The quantitative estimate of drug-likeness (QED) is 0.471. The number of amides is 2. The van der Waals surface area contributed by atoms with E-state index in [4.69, 9.17) is 11.6 Å². The Kier molecular flexibility index (Phi) is 5.01. The number of imide groups is 1. The van der Waals surface area contributed by atoms with Crippen molar-refractivity contribution in [1.82, 2.24) is 5.32 Å². The number of carboxylic acid groups (broad SMARTS) is 1. The molecule has 1 aromatic heterocycles. The topological polar surface area (TPSA) is 124 Å². The molecule has 2 amide bonds. The fourth-order valence-corrected chi connectivity index (χ4v) is 5.41. The highest BCUT2D eigenvalue weighted by atomic mass is 35.5. The Hall–Kier alpha value is -2.59. The van der Waals surface area contributed by atoms with E-state index in [9.17, 15) is 29.4 Å². The maximum atomic E-state index is 13.3. The van der Waals surface area contributed by atoms with Crippen LogP contribution in [0.25, 0.3) is 0 Å². The van der Waals surface area contributed by atoms with E-state index in [0.717, 1.165) is 4.90 Å². The number of nitrogens with zero attached hydrogens (tertiary/aromatic N) is 1. The average molecular weight is 449 g/mol. The predicted molar refractivity (Wildman–Crippen MR) is 109 cm³/mol. The lowest BCUT2D eigenvalue weighted by Crippen LogP contribution is -2.58. The van der Waals surface area contributed by atoms with Crippen LogP contribution in [0.1, 0.15) is 28.2 Å². The number of rotatable bonds is 5. The molecule has 3 N–H and O–H groups in total. The summed E-state index contributed by atoms with van der Waals surface area (Å²) in [5.41, 5.74) is -1.35. The van der Waals surface area contributed by atoms with Gasteiger partial charge in [-0.25, -0.2) is 4.90 Å². The summed E-state index contributed by atoms with van der Waals surface area (Å²) in [7, 11) is 0. The Morgan fingerprint density at radius 1 is 1.17 bits per heavy atom. The SMILES string of the molecule is CC(=O)c1ccc(N2C(=O)C3C(c4ccc(Cl)s4)NC(CO)(C(=O)O)C3C2=O)cc1. The number of aliphatic hydroxyl groups is 1. The minimum Gasteiger partial charge on any atom is -0.480 e. The van der Waals surface area contributed by atoms with E-state index in [1.54, 1.807) is 12.1 Å². The van der Waals surface area contributed by atoms with Crippen molar-refractivity contribution >= 4 is 52.2 Å². The number of hydrogen-bond donors (Lipinski definition) is 3. The molecule has 10 heteroatoms. The number of fused-ring (bicyclic) bond motifs is 1. The molecule has 2 aliphatic heterocycles. The summed E-state index contributed by atoms with van der Waals surface area (Å²) in [6.45, 7) is 0.533. The number of aliphatic carboxylic acids is 1. The molecule has 0 bridgehead atoms. The minimum atomic E-state index is -2.01. The Bertz CT molecular complexity index is 1070. The average Bonchev–Trinajstić information content (AvgIpc) is 3.36. The third-order valence-corrected chi connectivity index (χ3v) is 7.03. The number of halogens is 1. The van der Waals surface area contributed by atoms with Crippen molar-refractivity contribution in [3.8, 4) is 0 Å². The molecule has 0 spiro atoms. The maximum absolute atomic E-state index is 13.3. The van der Waals surface area contributed by atoms with Crippen LogP contribution in [0.4, 0.5) is 5.69 Å². The second kappa shape index (κ2) is 7.28. The van der Waals surface area contributed by atoms with Crippen LogP contribution < -0.4 is 10.2 Å². The van der Waals surface area contributed by atoms with Crippen LogP contribution in [-0.4, -0.2) is 45.9 Å². The van der Waals surface area contributed by atoms with Crippen molar-refractivity contribution in [2.45, 2.75) is 18.5 Å². The summed E-state index contributed by atoms with van der Waals surface area (Å²) < 4.78 is 0.452. The summed E-state index contributed by atoms with van der Waals surface area (Å²) in [5.74, 6) is -5.19. The summed E-state index contributed by atoms with van der Waals surface area (Å²) >= 11 is 7.19. The fraction of sp³-hybridized carbons (Fsp3) is 0.300. The standard InChI is InChI=1S/C20H17ClN2O6S/c1-9(25)10-2-4-11(5-3-10)23-17(26)14-15(18(23)27)20(8-24,19(28)29)22-16(14)12-6-7-13(21)30-12/h2-7,14-16,22,24H,8H2,1H3,(H,28,29). The van der Waals surface area contributed by atoms with Crippen molar-refractivity contribution in [3.05, 3.63) is 51.2 Å². The summed E-state index contributed by atoms with van der Waals surface area (Å²) in [5, 5.41) is 22.7. The van der Waals surface area contributed by atoms with Crippen LogP contribution in [0.15, 0.2) is 36.4 Å². The van der Waals surface area contributed by atoms with E-state index < -0.39 is 47.8 Å². The molecule has 3 heterocycles. The number of aliphatic hydroxyl groups excluding tert-OH is 1. The third kappa shape index (κ3) is 2.89. The van der Waals surface area contributed by atoms with Crippen LogP contribution in [0, 0.1) is 11.8 Å². The number of carbonyl (C=O) groups excluding carboxylic acids is 3. The van der Waals surface area contributed by atoms with Crippen molar-refractivity contribution in [2.24, 2.45) is 11.8 Å². The second-order valence-corrected chi connectivity index (χ2v) is 9.06. The highest BCUT2D eigenvalue weighted by Crippen LogP contribution is 2.51. The van der Waals surface area contributed by atoms with Gasteiger partial charge in [-0.05, 0) is 43.3 Å². The van der Waals surface area contributed by atoms with E-state index in [0.29, 0.717) is 14.8 Å². The molecule has 4 rings (SSSR count). The van der Waals surface area contributed by atoms with Crippen LogP contribution in [0.5, 0.6) is 0 Å². The van der Waals surface area contributed by atoms with Gasteiger partial charge in [-0.2, -0.15) is 0 Å². The normalized spacial score (nSPS) is 28.1. The lowest BCUT2D eigenvalue weighted by Gasteiger charge is -2.29. The lowest BCUT2D eigenvalue weighted by atomic mass is 9.80. The number of carboxylic acids is 1. The zero-order valence-electron chi connectivity index (χ0n) is 15.7. The number of ketones is 1. The molecule has 8 nitrogen and oxygen atoms in total. The van der Waals surface area contributed by atoms with Gasteiger partial charge in [-0.3, -0.25) is 24.5 Å². The van der Waals surface area contributed by atoms with E-state index in [1.807, 2.05) is 0 Å². The first-order valence-electron chi connectivity index (χ1n) is 9.07. The molecule has 0 radical (unpaired) electrons. The number of thiophene rings is 1. The van der Waals surface area contributed by atoms with Crippen LogP contribution in [0.3, 0.4) is 0 Å². The van der Waals surface area contributed by atoms with Gasteiger partial charge in [-0.1, -0.05) is 11.6 Å². The lowest BCUT2D eigenvalue weighted by molar-refractivity contribution is -0.150. The zero-order valence-corrected chi connectivity index (χ0v) is 17.2. The molecule has 2 aromatic rings. The van der Waals surface area contributed by atoms with Gasteiger partial charge < -0.3 is 10.2 Å². The first kappa shape index (κ1) is 20.7. The monoisotopic (exact) mass is 448 g/mol. The van der Waals surface area contributed by atoms with E-state index in [-0.39, 0.29) is 11.5 Å². The Morgan fingerprint density at radius 3 is 2.33 bits per heavy atom. The van der Waals surface area contributed by atoms with Gasteiger partial charge in [0.05, 0.1) is 34.5 Å². The summed E-state index contributed by atoms with van der Waals surface area (Å²) in [4.78, 5) is 51.8. The number of anilines is 1. The number of benzene rings is 1. The molecular formula is C20H17ClN2O6S. The van der Waals surface area contributed by atoms with Crippen LogP contribution in [-0.2, 0) is 14.4 Å². The summed E-state index contributed by atoms with van der Waals surface area (Å²) in [6.07, 6.45) is 0. The van der Waals surface area contributed by atoms with Crippen molar-refractivity contribution in [3.63, 3.8) is 0 Å². The van der Waals surface area contributed by atoms with Gasteiger partial charge in [0.2, 0.25) is 11.8 Å². The van der Waals surface area contributed by atoms with E-state index in [1.165, 1.54) is 42.5 Å². The van der Waals surface area contributed by atoms with Gasteiger partial charge in [0.15, 0.2) is 11.3 Å². The van der Waals surface area contributed by atoms with Gasteiger partial charge in [-0.15, -0.1) is 11.3 Å². The number of Topliss-reactive ketones (excluding diaryl/α,β-unsaturated/α-hetero) is 1. The first-order valence-corrected chi connectivity index (χ1v) is 10.3. The molecule has 0 saturated carbocycles. The van der Waals surface area contributed by atoms with Crippen LogP contribution >= 0.6 is 22.9 Å². The van der Waals surface area contributed by atoms with Gasteiger partial charge in [0.25, 0.3) is 0 Å². The van der Waals surface area contributed by atoms with Crippen molar-refractivity contribution in [1.29, 1.82) is 0 Å². The van der Waals surface area contributed by atoms with Gasteiger partial charge in [0, 0.05) is 10.4 Å². The molecule has 2 saturated heterocycles. The van der Waals surface area contributed by atoms with Gasteiger partial charge in [0.1, 0.15) is 0 Å². The molecule has 30 heavy (non-hydrogen) atoms. The fourth-order valence-electron chi connectivity index (χ4n) is 4.25. The molecule has 156 valence electrons. The van der Waals surface area contributed by atoms with Crippen LogP contribution in [0.2, 0.25) is 4.34 Å². The summed E-state index contributed by atoms with van der Waals surface area (Å²) in [6, 6.07) is 8.43. The predicted octanol–water partition coefficient (Wildman–Crippen LogP) is 1.87. The largest absolute Gasteiger partial charge is 0.480 e. The molecule has 1 aromatic carbocycles. The van der Waals surface area contributed by atoms with E-state index in [2.05, 4.69) is 5.32 Å². The van der Waals surface area contributed by atoms with Gasteiger partial charge >= 0.3 is 5.97 Å². The van der Waals surface area contributed by atoms with E-state index >= 15 is 0 Å². The number of carbonyl (C=O) groups is 4. The molecule has 4 unspecified atom stereocenters. The molecule has 2 aliphatic rings. The molecule has 2 fully saturated rings. The maximum Gasteiger partial charge on any atom is 0.327 e. The molecule has 0 aliphatic carbocycles. The first-order chi connectivity index (χ1) is 14.2. The molecular weight excluding hydrogens is 432 g/mol. The van der Waals surface area contributed by atoms with Crippen molar-refractivity contribution < 1.29 is 29.4 Å². The highest BCUT2D eigenvalue weighted by Gasteiger charge is 2.68. The Balaban J connectivity index is 1.81. The second-order valence-electron chi connectivity index (χ2n) is 7.32. The smallest absolute Gasteiger partial charge is 0.327 e. The highest BCUT2D eigenvalue weighted by molar-refractivity contribution is 7.16. The number of nitrogens with one attached hydrogen (secondary N) is 1. The Labute approximate surface area is 180 Å². The number of hydrogen-bond acceptors (Lipinski definition) is 7. The third-order valence-electron chi connectivity index (χ3n) is 5.72. The Morgan fingerprint density at radius 2 is 1.83 bits per heavy atom.